The molecule has 1 fully saturated rings. The maximum absolute atomic E-state index is 11.8. The highest BCUT2D eigenvalue weighted by Crippen LogP contribution is 2.16. The van der Waals surface area contributed by atoms with E-state index >= 15 is 0 Å². The van der Waals surface area contributed by atoms with Crippen LogP contribution in [0, 0.1) is 5.92 Å². The molecule has 1 aromatic heterocycles. The van der Waals surface area contributed by atoms with Crippen LogP contribution in [0.2, 0.25) is 0 Å². The van der Waals surface area contributed by atoms with Crippen LogP contribution >= 0.6 is 11.3 Å². The van der Waals surface area contributed by atoms with Crippen molar-refractivity contribution in [2.75, 3.05) is 26.2 Å². The number of hydrogen-bond donors (Lipinski definition) is 1. The van der Waals surface area contributed by atoms with E-state index in [1.54, 1.807) is 6.20 Å². The summed E-state index contributed by atoms with van der Waals surface area (Å²) in [5.41, 5.74) is 0. The molecule has 2 heterocycles. The van der Waals surface area contributed by atoms with Gasteiger partial charge in [0.1, 0.15) is 0 Å². The van der Waals surface area contributed by atoms with Crippen LogP contribution in [0.25, 0.3) is 0 Å². The minimum Gasteiger partial charge on any atom is -0.396 e. The average Bonchev–Trinajstić information content (AvgIpc) is 2.83. The fraction of sp³-hybridized carbons (Fsp3) is 0.636. The van der Waals surface area contributed by atoms with Gasteiger partial charge in [-0.25, -0.2) is 4.98 Å². The van der Waals surface area contributed by atoms with Gasteiger partial charge < -0.3 is 5.11 Å². The monoisotopic (exact) mass is 240 g/mol. The first kappa shape index (κ1) is 11.7. The quantitative estimate of drug-likeness (QED) is 0.799. The highest BCUT2D eigenvalue weighted by molar-refractivity contribution is 7.11. The van der Waals surface area contributed by atoms with Gasteiger partial charge in [-0.1, -0.05) is 0 Å². The van der Waals surface area contributed by atoms with Crippen molar-refractivity contribution < 1.29 is 9.90 Å². The number of likely N-dealkylation sites (tertiary alicyclic amines) is 1. The summed E-state index contributed by atoms with van der Waals surface area (Å²) in [5.74, 6) is 0.423. The first-order valence-corrected chi connectivity index (χ1v) is 6.43. The van der Waals surface area contributed by atoms with Crippen molar-refractivity contribution in [3.8, 4) is 0 Å². The largest absolute Gasteiger partial charge is 0.396 e. The van der Waals surface area contributed by atoms with E-state index in [0.717, 1.165) is 25.9 Å². The first-order valence-electron chi connectivity index (χ1n) is 5.55. The van der Waals surface area contributed by atoms with Crippen molar-refractivity contribution in [3.05, 3.63) is 16.6 Å². The maximum Gasteiger partial charge on any atom is 0.205 e. The van der Waals surface area contributed by atoms with Crippen LogP contribution in [-0.4, -0.2) is 47.0 Å². The molecule has 0 unspecified atom stereocenters. The number of aromatic nitrogens is 1. The van der Waals surface area contributed by atoms with E-state index in [1.807, 2.05) is 5.38 Å². The highest BCUT2D eigenvalue weighted by atomic mass is 32.1. The number of piperidine rings is 1. The zero-order valence-electron chi connectivity index (χ0n) is 9.13. The molecule has 16 heavy (non-hydrogen) atoms. The zero-order chi connectivity index (χ0) is 11.4. The van der Waals surface area contributed by atoms with Crippen molar-refractivity contribution >= 4 is 17.1 Å². The molecule has 0 spiro atoms. The minimum atomic E-state index is 0.0913. The standard InChI is InChI=1S/C11H16N2O2S/c14-8-9-2-1-4-13(6-9)7-10(15)11-12-3-5-16-11/h3,5,9,14H,1-2,4,6-8H2/t9-/m1/s1. The van der Waals surface area contributed by atoms with Gasteiger partial charge in [0.2, 0.25) is 5.78 Å². The van der Waals surface area contributed by atoms with E-state index in [9.17, 15) is 4.79 Å². The lowest BCUT2D eigenvalue weighted by Crippen LogP contribution is -2.39. The predicted molar refractivity (Wildman–Crippen MR) is 62.7 cm³/mol. The van der Waals surface area contributed by atoms with Gasteiger partial charge in [-0.15, -0.1) is 11.3 Å². The Labute approximate surface area is 98.9 Å². The van der Waals surface area contributed by atoms with Crippen LogP contribution in [-0.2, 0) is 0 Å². The summed E-state index contributed by atoms with van der Waals surface area (Å²) in [6, 6.07) is 0. The SMILES string of the molecule is O=C(CN1CCC[C@@H](CO)C1)c1nccs1. The molecule has 1 saturated heterocycles. The number of nitrogens with zero attached hydrogens (tertiary/aromatic N) is 2. The zero-order valence-corrected chi connectivity index (χ0v) is 9.95. The Hall–Kier alpha value is -0.780. The van der Waals surface area contributed by atoms with Crippen LogP contribution < -0.4 is 0 Å². The Bertz CT molecular complexity index is 340. The fourth-order valence-electron chi connectivity index (χ4n) is 2.08. The van der Waals surface area contributed by atoms with Crippen LogP contribution in [0.4, 0.5) is 0 Å². The first-order chi connectivity index (χ1) is 7.79. The molecule has 1 atom stereocenters. The molecule has 0 aromatic carbocycles. The molecule has 0 amide bonds. The van der Waals surface area contributed by atoms with E-state index < -0.39 is 0 Å². The number of carbonyl (C=O) groups excluding carboxylic acids is 1. The van der Waals surface area contributed by atoms with Gasteiger partial charge in [0.15, 0.2) is 5.01 Å². The molecule has 0 saturated carbocycles. The van der Waals surface area contributed by atoms with Gasteiger partial charge >= 0.3 is 0 Å². The topological polar surface area (TPSA) is 53.4 Å². The van der Waals surface area contributed by atoms with E-state index in [4.69, 9.17) is 5.11 Å². The Balaban J connectivity index is 1.87. The lowest BCUT2D eigenvalue weighted by Gasteiger charge is -2.30. The summed E-state index contributed by atoms with van der Waals surface area (Å²) in [6.45, 7) is 2.44. The third kappa shape index (κ3) is 2.87. The Morgan fingerprint density at radius 2 is 2.56 bits per heavy atom. The van der Waals surface area contributed by atoms with Gasteiger partial charge in [-0.2, -0.15) is 0 Å². The molecule has 0 aliphatic carbocycles. The third-order valence-corrected chi connectivity index (χ3v) is 3.71. The fourth-order valence-corrected chi connectivity index (χ4v) is 2.64. The Morgan fingerprint density at radius 1 is 1.69 bits per heavy atom. The lowest BCUT2D eigenvalue weighted by atomic mass is 9.99. The molecular weight excluding hydrogens is 224 g/mol. The number of Topliss-reactive ketones (excluding diaryl/α,β-unsaturated/α-hetero) is 1. The van der Waals surface area contributed by atoms with E-state index in [1.165, 1.54) is 11.3 Å². The molecule has 5 heteroatoms. The summed E-state index contributed by atoms with van der Waals surface area (Å²) in [5, 5.41) is 11.5. The van der Waals surface area contributed by atoms with E-state index in [2.05, 4.69) is 9.88 Å². The minimum absolute atomic E-state index is 0.0913. The number of carbonyl (C=O) groups is 1. The van der Waals surface area contributed by atoms with Gasteiger partial charge in [-0.05, 0) is 25.3 Å². The van der Waals surface area contributed by atoms with Gasteiger partial charge in [0, 0.05) is 24.7 Å². The predicted octanol–water partition coefficient (Wildman–Crippen LogP) is 1.03. The number of hydrogen-bond acceptors (Lipinski definition) is 5. The van der Waals surface area contributed by atoms with Crippen LogP contribution in [0.1, 0.15) is 22.6 Å². The smallest absolute Gasteiger partial charge is 0.205 e. The summed E-state index contributed by atoms with van der Waals surface area (Å²) < 4.78 is 0. The molecule has 0 bridgehead atoms. The number of aliphatic hydroxyl groups is 1. The Morgan fingerprint density at radius 3 is 3.25 bits per heavy atom. The normalized spacial score (nSPS) is 22.2. The van der Waals surface area contributed by atoms with Crippen LogP contribution in [0.15, 0.2) is 11.6 Å². The second-order valence-corrected chi connectivity index (χ2v) is 5.08. The summed E-state index contributed by atoms with van der Waals surface area (Å²) in [6.07, 6.45) is 3.79. The van der Waals surface area contributed by atoms with Crippen molar-refractivity contribution in [3.63, 3.8) is 0 Å². The average molecular weight is 240 g/mol. The second-order valence-electron chi connectivity index (χ2n) is 4.19. The van der Waals surface area contributed by atoms with E-state index in [-0.39, 0.29) is 12.4 Å². The van der Waals surface area contributed by atoms with Crippen molar-refractivity contribution in [2.24, 2.45) is 5.92 Å². The molecule has 2 rings (SSSR count). The van der Waals surface area contributed by atoms with Crippen LogP contribution in [0.5, 0.6) is 0 Å². The maximum atomic E-state index is 11.8. The van der Waals surface area contributed by atoms with Gasteiger partial charge in [0.25, 0.3) is 0 Å². The molecule has 1 aliphatic heterocycles. The summed E-state index contributed by atoms with van der Waals surface area (Å²) in [4.78, 5) is 17.9. The van der Waals surface area contributed by atoms with E-state index in [0.29, 0.717) is 17.5 Å². The van der Waals surface area contributed by atoms with Gasteiger partial charge in [0.05, 0.1) is 6.54 Å². The molecule has 0 radical (unpaired) electrons. The highest BCUT2D eigenvalue weighted by Gasteiger charge is 2.21. The molecule has 1 aliphatic rings. The third-order valence-electron chi connectivity index (χ3n) is 2.90. The summed E-state index contributed by atoms with van der Waals surface area (Å²) >= 11 is 1.39. The van der Waals surface area contributed by atoms with Crippen molar-refractivity contribution in [2.45, 2.75) is 12.8 Å². The van der Waals surface area contributed by atoms with Gasteiger partial charge in [-0.3, -0.25) is 9.69 Å². The number of thiazole rings is 1. The molecule has 1 N–H and O–H groups in total. The number of rotatable bonds is 4. The lowest BCUT2D eigenvalue weighted by molar-refractivity contribution is 0.0833. The Kier molecular flexibility index (Phi) is 4.04. The summed E-state index contributed by atoms with van der Waals surface area (Å²) in [7, 11) is 0. The number of aliphatic hydroxyl groups excluding tert-OH is 1. The van der Waals surface area contributed by atoms with Crippen molar-refractivity contribution in [1.82, 2.24) is 9.88 Å². The van der Waals surface area contributed by atoms with Crippen molar-refractivity contribution in [1.29, 1.82) is 0 Å². The number of ketones is 1. The molecular formula is C11H16N2O2S. The molecule has 1 aromatic rings. The van der Waals surface area contributed by atoms with Crippen LogP contribution in [0.3, 0.4) is 0 Å². The second kappa shape index (κ2) is 5.52. The molecule has 88 valence electrons. The molecule has 4 nitrogen and oxygen atoms in total.